The molecule has 1 saturated heterocycles. The van der Waals surface area contributed by atoms with Crippen molar-refractivity contribution in [2.24, 2.45) is 0 Å². The van der Waals surface area contributed by atoms with E-state index in [2.05, 4.69) is 4.98 Å². The summed E-state index contributed by atoms with van der Waals surface area (Å²) in [5.41, 5.74) is 0.621. The molecule has 0 radical (unpaired) electrons. The SMILES string of the molecule is CC(C)(O)c1nc2ccccc2n1CC(=O)N1CCCC1. The smallest absolute Gasteiger partial charge is 0.242 e. The molecule has 0 saturated carbocycles. The van der Waals surface area contributed by atoms with E-state index in [0.717, 1.165) is 37.0 Å². The molecule has 1 amide bonds. The van der Waals surface area contributed by atoms with Gasteiger partial charge in [-0.3, -0.25) is 4.79 Å². The molecule has 5 heteroatoms. The van der Waals surface area contributed by atoms with Gasteiger partial charge >= 0.3 is 0 Å². The number of nitrogens with zero attached hydrogens (tertiary/aromatic N) is 3. The number of para-hydroxylation sites is 2. The number of carbonyl (C=O) groups excluding carboxylic acids is 1. The Morgan fingerprint density at radius 2 is 1.95 bits per heavy atom. The molecule has 1 N–H and O–H groups in total. The van der Waals surface area contributed by atoms with Crippen molar-refractivity contribution in [3.8, 4) is 0 Å². The van der Waals surface area contributed by atoms with E-state index in [1.165, 1.54) is 0 Å². The third-order valence-electron chi connectivity index (χ3n) is 3.95. The average molecular weight is 287 g/mol. The van der Waals surface area contributed by atoms with Gasteiger partial charge in [-0.25, -0.2) is 4.98 Å². The molecule has 0 unspecified atom stereocenters. The van der Waals surface area contributed by atoms with Crippen LogP contribution in [0.15, 0.2) is 24.3 Å². The van der Waals surface area contributed by atoms with Crippen molar-refractivity contribution >= 4 is 16.9 Å². The monoisotopic (exact) mass is 287 g/mol. The molecule has 1 aliphatic rings. The predicted octanol–water partition coefficient (Wildman–Crippen LogP) is 1.89. The minimum atomic E-state index is -1.08. The highest BCUT2D eigenvalue weighted by Crippen LogP contribution is 2.25. The third kappa shape index (κ3) is 2.65. The van der Waals surface area contributed by atoms with E-state index in [0.29, 0.717) is 5.82 Å². The van der Waals surface area contributed by atoms with Crippen LogP contribution in [-0.4, -0.2) is 38.6 Å². The fourth-order valence-electron chi connectivity index (χ4n) is 2.90. The molecule has 112 valence electrons. The molecule has 5 nitrogen and oxygen atoms in total. The normalized spacial score (nSPS) is 15.9. The lowest BCUT2D eigenvalue weighted by Gasteiger charge is -2.21. The van der Waals surface area contributed by atoms with Gasteiger partial charge in [0, 0.05) is 13.1 Å². The van der Waals surface area contributed by atoms with Crippen molar-refractivity contribution < 1.29 is 9.90 Å². The lowest BCUT2D eigenvalue weighted by atomic mass is 10.1. The highest BCUT2D eigenvalue weighted by atomic mass is 16.3. The number of hydrogen-bond donors (Lipinski definition) is 1. The minimum Gasteiger partial charge on any atom is -0.383 e. The lowest BCUT2D eigenvalue weighted by molar-refractivity contribution is -0.130. The van der Waals surface area contributed by atoms with E-state index >= 15 is 0 Å². The predicted molar refractivity (Wildman–Crippen MR) is 80.8 cm³/mol. The molecular formula is C16H21N3O2. The largest absolute Gasteiger partial charge is 0.383 e. The number of imidazole rings is 1. The Hall–Kier alpha value is -1.88. The van der Waals surface area contributed by atoms with Crippen LogP contribution in [0.3, 0.4) is 0 Å². The Balaban J connectivity index is 2.01. The summed E-state index contributed by atoms with van der Waals surface area (Å²) in [6.45, 7) is 5.31. The molecule has 1 fully saturated rings. The fraction of sp³-hybridized carbons (Fsp3) is 0.500. The van der Waals surface area contributed by atoms with Gasteiger partial charge in [-0.05, 0) is 38.8 Å². The first kappa shape index (κ1) is 14.1. The Morgan fingerprint density at radius 3 is 2.62 bits per heavy atom. The van der Waals surface area contributed by atoms with Gasteiger partial charge in [-0.15, -0.1) is 0 Å². The Kier molecular flexibility index (Phi) is 3.45. The second kappa shape index (κ2) is 5.15. The first-order chi connectivity index (χ1) is 9.97. The topological polar surface area (TPSA) is 58.4 Å². The fourth-order valence-corrected chi connectivity index (χ4v) is 2.90. The van der Waals surface area contributed by atoms with Crippen molar-refractivity contribution in [3.63, 3.8) is 0 Å². The molecule has 1 aromatic carbocycles. The summed E-state index contributed by atoms with van der Waals surface area (Å²) < 4.78 is 1.84. The Bertz CT molecular complexity index is 664. The van der Waals surface area contributed by atoms with Gasteiger partial charge in [0.25, 0.3) is 0 Å². The van der Waals surface area contributed by atoms with Gasteiger partial charge in [0.2, 0.25) is 5.91 Å². The van der Waals surface area contributed by atoms with Crippen molar-refractivity contribution in [2.45, 2.75) is 38.8 Å². The standard InChI is InChI=1S/C16H21N3O2/c1-16(2,21)15-17-12-7-3-4-8-13(12)19(15)11-14(20)18-9-5-6-10-18/h3-4,7-8,21H,5-6,9-11H2,1-2H3. The number of amides is 1. The van der Waals surface area contributed by atoms with Crippen LogP contribution < -0.4 is 0 Å². The summed E-state index contributed by atoms with van der Waals surface area (Å²) in [6, 6.07) is 7.68. The van der Waals surface area contributed by atoms with Gasteiger partial charge in [0.1, 0.15) is 18.0 Å². The van der Waals surface area contributed by atoms with Gasteiger partial charge in [0.05, 0.1) is 11.0 Å². The van der Waals surface area contributed by atoms with Crippen LogP contribution in [0.2, 0.25) is 0 Å². The van der Waals surface area contributed by atoms with Crippen molar-refractivity contribution in [1.82, 2.24) is 14.5 Å². The quantitative estimate of drug-likeness (QED) is 0.938. The van der Waals surface area contributed by atoms with Crippen molar-refractivity contribution in [2.75, 3.05) is 13.1 Å². The molecule has 1 aromatic heterocycles. The average Bonchev–Trinajstić information content (AvgIpc) is 3.06. The zero-order chi connectivity index (χ0) is 15.0. The number of fused-ring (bicyclic) bond motifs is 1. The number of hydrogen-bond acceptors (Lipinski definition) is 3. The summed E-state index contributed by atoms with van der Waals surface area (Å²) in [4.78, 5) is 18.8. The molecule has 2 heterocycles. The zero-order valence-electron chi connectivity index (χ0n) is 12.5. The third-order valence-corrected chi connectivity index (χ3v) is 3.95. The van der Waals surface area contributed by atoms with Crippen molar-refractivity contribution in [1.29, 1.82) is 0 Å². The highest BCUT2D eigenvalue weighted by molar-refractivity contribution is 5.81. The van der Waals surface area contributed by atoms with Crippen LogP contribution >= 0.6 is 0 Å². The summed E-state index contributed by atoms with van der Waals surface area (Å²) in [7, 11) is 0. The maximum atomic E-state index is 12.4. The van der Waals surface area contributed by atoms with Gasteiger partial charge in [-0.1, -0.05) is 12.1 Å². The van der Waals surface area contributed by atoms with E-state index < -0.39 is 5.60 Å². The molecule has 0 spiro atoms. The van der Waals surface area contributed by atoms with E-state index in [1.807, 2.05) is 33.7 Å². The minimum absolute atomic E-state index is 0.0983. The van der Waals surface area contributed by atoms with Gasteiger partial charge in [0.15, 0.2) is 0 Å². The molecule has 0 aliphatic carbocycles. The Morgan fingerprint density at radius 1 is 1.29 bits per heavy atom. The second-order valence-corrected chi connectivity index (χ2v) is 6.16. The number of benzene rings is 1. The van der Waals surface area contributed by atoms with Crippen LogP contribution in [0, 0.1) is 0 Å². The van der Waals surface area contributed by atoms with E-state index in [9.17, 15) is 9.90 Å². The molecule has 2 aromatic rings. The zero-order valence-corrected chi connectivity index (χ0v) is 12.5. The van der Waals surface area contributed by atoms with Crippen LogP contribution in [0.1, 0.15) is 32.5 Å². The lowest BCUT2D eigenvalue weighted by Crippen LogP contribution is -2.33. The Labute approximate surface area is 124 Å². The first-order valence-corrected chi connectivity index (χ1v) is 7.43. The first-order valence-electron chi connectivity index (χ1n) is 7.43. The molecule has 3 rings (SSSR count). The van der Waals surface area contributed by atoms with Gasteiger partial charge < -0.3 is 14.6 Å². The van der Waals surface area contributed by atoms with E-state index in [4.69, 9.17) is 0 Å². The number of rotatable bonds is 3. The van der Waals surface area contributed by atoms with Crippen LogP contribution in [0.5, 0.6) is 0 Å². The molecule has 0 bridgehead atoms. The maximum Gasteiger partial charge on any atom is 0.242 e. The maximum absolute atomic E-state index is 12.4. The number of carbonyl (C=O) groups is 1. The van der Waals surface area contributed by atoms with Crippen LogP contribution in [0.4, 0.5) is 0 Å². The summed E-state index contributed by atoms with van der Waals surface area (Å²) in [5.74, 6) is 0.636. The highest BCUT2D eigenvalue weighted by Gasteiger charge is 2.27. The summed E-state index contributed by atoms with van der Waals surface area (Å²) in [5, 5.41) is 10.3. The molecule has 0 atom stereocenters. The van der Waals surface area contributed by atoms with Crippen LogP contribution in [0.25, 0.3) is 11.0 Å². The van der Waals surface area contributed by atoms with Crippen LogP contribution in [-0.2, 0) is 16.9 Å². The number of likely N-dealkylation sites (tertiary alicyclic amines) is 1. The summed E-state index contributed by atoms with van der Waals surface area (Å²) >= 11 is 0. The van der Waals surface area contributed by atoms with E-state index in [1.54, 1.807) is 13.8 Å². The van der Waals surface area contributed by atoms with E-state index in [-0.39, 0.29) is 12.5 Å². The van der Waals surface area contributed by atoms with Crippen molar-refractivity contribution in [3.05, 3.63) is 30.1 Å². The molecular weight excluding hydrogens is 266 g/mol. The number of aliphatic hydroxyl groups is 1. The van der Waals surface area contributed by atoms with Gasteiger partial charge in [-0.2, -0.15) is 0 Å². The molecule has 21 heavy (non-hydrogen) atoms. The number of aromatic nitrogens is 2. The molecule has 1 aliphatic heterocycles. The second-order valence-electron chi connectivity index (χ2n) is 6.16. The summed E-state index contributed by atoms with van der Waals surface area (Å²) in [6.07, 6.45) is 2.16.